The molecule has 0 spiro atoms. The van der Waals surface area contributed by atoms with Crippen molar-refractivity contribution in [3.8, 4) is 0 Å². The second-order valence-corrected chi connectivity index (χ2v) is 4.11. The van der Waals surface area contributed by atoms with Crippen LogP contribution >= 0.6 is 0 Å². The quantitative estimate of drug-likeness (QED) is 0.521. The predicted octanol–water partition coefficient (Wildman–Crippen LogP) is 1.60. The van der Waals surface area contributed by atoms with Gasteiger partial charge in [0.15, 0.2) is 0 Å². The van der Waals surface area contributed by atoms with Crippen molar-refractivity contribution in [1.82, 2.24) is 4.90 Å². The maximum absolute atomic E-state index is 11.0. The molecule has 0 unspecified atom stereocenters. The van der Waals surface area contributed by atoms with Gasteiger partial charge in [-0.1, -0.05) is 0 Å². The number of likely N-dealkylation sites (N-methyl/N-ethyl adjacent to an activating group) is 1. The zero-order valence-corrected chi connectivity index (χ0v) is 11.3. The minimum Gasteiger partial charge on any atom is -0.465 e. The SMILES string of the molecule is CCOC(=O)COCCN(C)Cc1ccc(C)o1. The molecule has 0 aromatic carbocycles. The lowest BCUT2D eigenvalue weighted by molar-refractivity contribution is -0.148. The van der Waals surface area contributed by atoms with Gasteiger partial charge in [-0.3, -0.25) is 4.90 Å². The number of hydrogen-bond donors (Lipinski definition) is 0. The van der Waals surface area contributed by atoms with Gasteiger partial charge < -0.3 is 13.9 Å². The largest absolute Gasteiger partial charge is 0.465 e. The van der Waals surface area contributed by atoms with Crippen molar-refractivity contribution in [3.63, 3.8) is 0 Å². The summed E-state index contributed by atoms with van der Waals surface area (Å²) in [6.45, 7) is 6.06. The molecule has 0 fully saturated rings. The van der Waals surface area contributed by atoms with E-state index in [0.717, 1.165) is 24.6 Å². The maximum atomic E-state index is 11.0. The lowest BCUT2D eigenvalue weighted by Gasteiger charge is -2.14. The summed E-state index contributed by atoms with van der Waals surface area (Å²) in [6, 6.07) is 3.91. The Morgan fingerprint density at radius 2 is 2.22 bits per heavy atom. The molecule has 1 aromatic heterocycles. The molecule has 1 heterocycles. The van der Waals surface area contributed by atoms with Crippen LogP contribution in [0.25, 0.3) is 0 Å². The van der Waals surface area contributed by atoms with E-state index in [0.29, 0.717) is 13.2 Å². The van der Waals surface area contributed by atoms with E-state index in [-0.39, 0.29) is 12.6 Å². The number of furan rings is 1. The standard InChI is InChI=1S/C13H21NO4/c1-4-17-13(15)10-16-8-7-14(3)9-12-6-5-11(2)18-12/h5-6H,4,7-10H2,1-3H3. The molecule has 1 aromatic rings. The monoisotopic (exact) mass is 255 g/mol. The smallest absolute Gasteiger partial charge is 0.332 e. The molecule has 0 bridgehead atoms. The fourth-order valence-corrected chi connectivity index (χ4v) is 1.49. The number of esters is 1. The van der Waals surface area contributed by atoms with Crippen LogP contribution < -0.4 is 0 Å². The van der Waals surface area contributed by atoms with E-state index in [1.165, 1.54) is 0 Å². The maximum Gasteiger partial charge on any atom is 0.332 e. The van der Waals surface area contributed by atoms with E-state index in [2.05, 4.69) is 4.90 Å². The van der Waals surface area contributed by atoms with Gasteiger partial charge >= 0.3 is 5.97 Å². The summed E-state index contributed by atoms with van der Waals surface area (Å²) in [5.74, 6) is 1.53. The van der Waals surface area contributed by atoms with E-state index in [4.69, 9.17) is 13.9 Å². The van der Waals surface area contributed by atoms with E-state index in [1.807, 2.05) is 26.1 Å². The predicted molar refractivity (Wildman–Crippen MR) is 67.2 cm³/mol. The molecule has 0 saturated heterocycles. The first-order valence-electron chi connectivity index (χ1n) is 6.09. The zero-order chi connectivity index (χ0) is 13.4. The van der Waals surface area contributed by atoms with Crippen molar-refractivity contribution in [2.75, 3.05) is 33.4 Å². The Bertz CT molecular complexity index is 362. The molecule has 1 rings (SSSR count). The highest BCUT2D eigenvalue weighted by Gasteiger charge is 2.05. The molecule has 0 aliphatic heterocycles. The van der Waals surface area contributed by atoms with Crippen LogP contribution in [0.4, 0.5) is 0 Å². The highest BCUT2D eigenvalue weighted by Crippen LogP contribution is 2.08. The number of carbonyl (C=O) groups excluding carboxylic acids is 1. The Kier molecular flexibility index (Phi) is 6.46. The molecule has 0 amide bonds. The fraction of sp³-hybridized carbons (Fsp3) is 0.615. The van der Waals surface area contributed by atoms with Crippen LogP contribution in [-0.4, -0.2) is 44.3 Å². The van der Waals surface area contributed by atoms with Crippen LogP contribution in [0.5, 0.6) is 0 Å². The summed E-state index contributed by atoms with van der Waals surface area (Å²) in [7, 11) is 1.98. The van der Waals surface area contributed by atoms with E-state index in [9.17, 15) is 4.79 Å². The van der Waals surface area contributed by atoms with Gasteiger partial charge in [-0.15, -0.1) is 0 Å². The first-order chi connectivity index (χ1) is 8.61. The molecule has 5 nitrogen and oxygen atoms in total. The van der Waals surface area contributed by atoms with Gasteiger partial charge in [0.05, 0.1) is 19.8 Å². The third-order valence-corrected chi connectivity index (χ3v) is 2.36. The molecule has 0 aliphatic carbocycles. The highest BCUT2D eigenvalue weighted by atomic mass is 16.6. The van der Waals surface area contributed by atoms with Crippen molar-refractivity contribution < 1.29 is 18.7 Å². The summed E-state index contributed by atoms with van der Waals surface area (Å²) >= 11 is 0. The van der Waals surface area contributed by atoms with Gasteiger partial charge in [-0.05, 0) is 33.0 Å². The average Bonchev–Trinajstić information content (AvgIpc) is 2.70. The van der Waals surface area contributed by atoms with Crippen LogP contribution in [0.1, 0.15) is 18.4 Å². The second-order valence-electron chi connectivity index (χ2n) is 4.11. The fourth-order valence-electron chi connectivity index (χ4n) is 1.49. The highest BCUT2D eigenvalue weighted by molar-refractivity contribution is 5.70. The van der Waals surface area contributed by atoms with Gasteiger partial charge in [-0.25, -0.2) is 4.79 Å². The Morgan fingerprint density at radius 3 is 2.83 bits per heavy atom. The second kappa shape index (κ2) is 7.89. The Labute approximate surface area is 108 Å². The third kappa shape index (κ3) is 5.84. The van der Waals surface area contributed by atoms with Gasteiger partial charge in [0, 0.05) is 6.54 Å². The summed E-state index contributed by atoms with van der Waals surface area (Å²) in [5, 5.41) is 0. The van der Waals surface area contributed by atoms with Crippen molar-refractivity contribution in [1.29, 1.82) is 0 Å². The zero-order valence-electron chi connectivity index (χ0n) is 11.3. The molecule has 18 heavy (non-hydrogen) atoms. The molecule has 0 saturated carbocycles. The average molecular weight is 255 g/mol. The van der Waals surface area contributed by atoms with Crippen LogP contribution in [0.3, 0.4) is 0 Å². The lowest BCUT2D eigenvalue weighted by Crippen LogP contribution is -2.24. The van der Waals surface area contributed by atoms with E-state index < -0.39 is 0 Å². The molecule has 5 heteroatoms. The van der Waals surface area contributed by atoms with E-state index >= 15 is 0 Å². The number of hydrogen-bond acceptors (Lipinski definition) is 5. The number of carbonyl (C=O) groups is 1. The summed E-state index contributed by atoms with van der Waals surface area (Å²) < 4.78 is 15.4. The van der Waals surface area contributed by atoms with Crippen molar-refractivity contribution >= 4 is 5.97 Å². The molecular formula is C13H21NO4. The van der Waals surface area contributed by atoms with Crippen LogP contribution in [0.2, 0.25) is 0 Å². The molecular weight excluding hydrogens is 234 g/mol. The normalized spacial score (nSPS) is 10.9. The summed E-state index contributed by atoms with van der Waals surface area (Å²) in [4.78, 5) is 13.1. The van der Waals surface area contributed by atoms with Crippen LogP contribution in [-0.2, 0) is 20.8 Å². The Hall–Kier alpha value is -1.33. The molecule has 102 valence electrons. The topological polar surface area (TPSA) is 51.9 Å². The van der Waals surface area contributed by atoms with Gasteiger partial charge in [0.1, 0.15) is 18.1 Å². The molecule has 0 atom stereocenters. The summed E-state index contributed by atoms with van der Waals surface area (Å²) in [5.41, 5.74) is 0. The van der Waals surface area contributed by atoms with Gasteiger partial charge in [-0.2, -0.15) is 0 Å². The van der Waals surface area contributed by atoms with E-state index in [1.54, 1.807) is 6.92 Å². The van der Waals surface area contributed by atoms with Gasteiger partial charge in [0.25, 0.3) is 0 Å². The first-order valence-corrected chi connectivity index (χ1v) is 6.09. The first kappa shape index (κ1) is 14.7. The van der Waals surface area contributed by atoms with Crippen LogP contribution in [0, 0.1) is 6.92 Å². The number of nitrogens with zero attached hydrogens (tertiary/aromatic N) is 1. The molecule has 0 N–H and O–H groups in total. The lowest BCUT2D eigenvalue weighted by atomic mass is 10.4. The minimum absolute atomic E-state index is 0.0154. The molecule has 0 radical (unpaired) electrons. The third-order valence-electron chi connectivity index (χ3n) is 2.36. The number of rotatable bonds is 8. The van der Waals surface area contributed by atoms with Crippen LogP contribution in [0.15, 0.2) is 16.5 Å². The molecule has 0 aliphatic rings. The summed E-state index contributed by atoms with van der Waals surface area (Å²) in [6.07, 6.45) is 0. The van der Waals surface area contributed by atoms with Crippen molar-refractivity contribution in [2.45, 2.75) is 20.4 Å². The van der Waals surface area contributed by atoms with Gasteiger partial charge in [0.2, 0.25) is 0 Å². The number of ether oxygens (including phenoxy) is 2. The Morgan fingerprint density at radius 1 is 1.44 bits per heavy atom. The van der Waals surface area contributed by atoms with Crippen molar-refractivity contribution in [2.24, 2.45) is 0 Å². The van der Waals surface area contributed by atoms with Crippen molar-refractivity contribution in [3.05, 3.63) is 23.7 Å². The Balaban J connectivity index is 2.10. The minimum atomic E-state index is -0.318. The number of aryl methyl sites for hydroxylation is 1.